The summed E-state index contributed by atoms with van der Waals surface area (Å²) in [5.41, 5.74) is 4.37. The minimum Gasteiger partial charge on any atom is -0.460 e. The molecule has 0 aliphatic rings. The molecule has 0 atom stereocenters. The van der Waals surface area contributed by atoms with Gasteiger partial charge in [-0.1, -0.05) is 26.0 Å². The van der Waals surface area contributed by atoms with Gasteiger partial charge in [0.1, 0.15) is 23.9 Å². The minimum atomic E-state index is -0.209. The lowest BCUT2D eigenvalue weighted by atomic mass is 10.2. The predicted octanol–water partition coefficient (Wildman–Crippen LogP) is 3.21. The summed E-state index contributed by atoms with van der Waals surface area (Å²) < 4.78 is 7.30. The van der Waals surface area contributed by atoms with Gasteiger partial charge in [0.05, 0.1) is 17.2 Å². The number of amides is 1. The fourth-order valence-corrected chi connectivity index (χ4v) is 2.57. The molecule has 124 valence electrons. The molecule has 0 saturated heterocycles. The van der Waals surface area contributed by atoms with Crippen LogP contribution in [-0.2, 0) is 11.3 Å². The van der Waals surface area contributed by atoms with Crippen molar-refractivity contribution in [2.24, 2.45) is 5.10 Å². The van der Waals surface area contributed by atoms with Gasteiger partial charge in [0.15, 0.2) is 0 Å². The topological polar surface area (TPSA) is 72.4 Å². The quantitative estimate of drug-likeness (QED) is 0.578. The molecule has 3 rings (SSSR count). The minimum absolute atomic E-state index is 0.169. The monoisotopic (exact) mass is 324 g/mol. The maximum Gasteiger partial charge on any atom is 0.260 e. The Balaban J connectivity index is 1.75. The first-order chi connectivity index (χ1) is 11.5. The molecule has 6 heteroatoms. The van der Waals surface area contributed by atoms with Crippen LogP contribution >= 0.6 is 0 Å². The summed E-state index contributed by atoms with van der Waals surface area (Å²) >= 11 is 0. The molecule has 0 unspecified atom stereocenters. The Hall–Kier alpha value is -2.89. The molecular weight excluding hydrogens is 304 g/mol. The number of nitrogens with one attached hydrogen (secondary N) is 1. The van der Waals surface area contributed by atoms with E-state index in [1.54, 1.807) is 6.07 Å². The predicted molar refractivity (Wildman–Crippen MR) is 93.0 cm³/mol. The average molecular weight is 324 g/mol. The van der Waals surface area contributed by atoms with Crippen LogP contribution in [0.1, 0.15) is 37.1 Å². The van der Waals surface area contributed by atoms with Gasteiger partial charge in [-0.15, -0.1) is 0 Å². The number of furan rings is 1. The summed E-state index contributed by atoms with van der Waals surface area (Å²) in [6, 6.07) is 11.4. The Labute approximate surface area is 140 Å². The van der Waals surface area contributed by atoms with Crippen molar-refractivity contribution in [2.45, 2.75) is 33.2 Å². The highest BCUT2D eigenvalue weighted by molar-refractivity contribution is 5.82. The zero-order valence-electron chi connectivity index (χ0n) is 14.0. The highest BCUT2D eigenvalue weighted by Gasteiger charge is 2.15. The largest absolute Gasteiger partial charge is 0.460 e. The van der Waals surface area contributed by atoms with Gasteiger partial charge in [0.2, 0.25) is 0 Å². The zero-order valence-corrected chi connectivity index (χ0v) is 14.0. The van der Waals surface area contributed by atoms with Crippen molar-refractivity contribution in [3.05, 3.63) is 53.7 Å². The molecule has 1 aromatic carbocycles. The van der Waals surface area contributed by atoms with Gasteiger partial charge in [0.25, 0.3) is 5.91 Å². The number of rotatable bonds is 5. The fourth-order valence-electron chi connectivity index (χ4n) is 2.57. The lowest BCUT2D eigenvalue weighted by molar-refractivity contribution is -0.121. The van der Waals surface area contributed by atoms with E-state index in [-0.39, 0.29) is 18.4 Å². The number of nitrogens with zero attached hydrogens (tertiary/aromatic N) is 3. The molecule has 3 aromatic rings. The van der Waals surface area contributed by atoms with Crippen molar-refractivity contribution >= 4 is 23.2 Å². The van der Waals surface area contributed by atoms with Crippen molar-refractivity contribution in [3.8, 4) is 0 Å². The van der Waals surface area contributed by atoms with E-state index < -0.39 is 0 Å². The number of carbonyl (C=O) groups is 1. The average Bonchev–Trinajstić information content (AvgIpc) is 3.12. The maximum absolute atomic E-state index is 12.2. The molecule has 0 spiro atoms. The molecule has 0 radical (unpaired) electrons. The molecule has 0 bridgehead atoms. The van der Waals surface area contributed by atoms with Gasteiger partial charge < -0.3 is 8.98 Å². The Bertz CT molecular complexity index is 889. The van der Waals surface area contributed by atoms with Gasteiger partial charge in [0, 0.05) is 5.92 Å². The third kappa shape index (κ3) is 3.37. The summed E-state index contributed by atoms with van der Waals surface area (Å²) in [5, 5.41) is 3.94. The number of fused-ring (bicyclic) bond motifs is 1. The van der Waals surface area contributed by atoms with Crippen LogP contribution in [0.3, 0.4) is 0 Å². The summed E-state index contributed by atoms with van der Waals surface area (Å²) in [7, 11) is 0. The smallest absolute Gasteiger partial charge is 0.260 e. The van der Waals surface area contributed by atoms with Crippen LogP contribution in [0.15, 0.2) is 45.9 Å². The first kappa shape index (κ1) is 16.0. The number of hydrogen-bond donors (Lipinski definition) is 1. The van der Waals surface area contributed by atoms with Crippen LogP contribution in [0.25, 0.3) is 11.0 Å². The zero-order chi connectivity index (χ0) is 17.1. The van der Waals surface area contributed by atoms with Gasteiger partial charge in [-0.2, -0.15) is 5.10 Å². The fraction of sp³-hybridized carbons (Fsp3) is 0.278. The van der Waals surface area contributed by atoms with E-state index in [2.05, 4.69) is 29.4 Å². The van der Waals surface area contributed by atoms with E-state index in [0.29, 0.717) is 5.76 Å². The molecule has 6 nitrogen and oxygen atoms in total. The van der Waals surface area contributed by atoms with Crippen molar-refractivity contribution in [3.63, 3.8) is 0 Å². The Kier molecular flexibility index (Phi) is 4.46. The normalized spacial score (nSPS) is 11.7. The van der Waals surface area contributed by atoms with Gasteiger partial charge >= 0.3 is 0 Å². The van der Waals surface area contributed by atoms with E-state index in [0.717, 1.165) is 22.6 Å². The Morgan fingerprint density at radius 1 is 1.33 bits per heavy atom. The Morgan fingerprint density at radius 2 is 2.12 bits per heavy atom. The van der Waals surface area contributed by atoms with Crippen LogP contribution < -0.4 is 5.43 Å². The first-order valence-corrected chi connectivity index (χ1v) is 7.88. The second-order valence-electron chi connectivity index (χ2n) is 5.94. The SMILES string of the molecule is Cc1ccc(/C=N/NC(=O)Cn2c(C(C)C)nc3ccccc32)o1. The van der Waals surface area contributed by atoms with Crippen molar-refractivity contribution in [1.29, 1.82) is 0 Å². The molecule has 0 fully saturated rings. The second kappa shape index (κ2) is 6.70. The molecule has 0 saturated carbocycles. The summed E-state index contributed by atoms with van der Waals surface area (Å²) in [6.07, 6.45) is 1.49. The molecular formula is C18H20N4O2. The van der Waals surface area contributed by atoms with Crippen LogP contribution in [0.4, 0.5) is 0 Å². The second-order valence-corrected chi connectivity index (χ2v) is 5.94. The molecule has 1 N–H and O–H groups in total. The van der Waals surface area contributed by atoms with Crippen molar-refractivity contribution < 1.29 is 9.21 Å². The summed E-state index contributed by atoms with van der Waals surface area (Å²) in [6.45, 7) is 6.15. The number of carbonyl (C=O) groups excluding carboxylic acids is 1. The molecule has 2 aromatic heterocycles. The lowest BCUT2D eigenvalue weighted by Gasteiger charge is -2.10. The number of aryl methyl sites for hydroxylation is 1. The lowest BCUT2D eigenvalue weighted by Crippen LogP contribution is -2.24. The highest BCUT2D eigenvalue weighted by Crippen LogP contribution is 2.21. The number of imidazole rings is 1. The number of aromatic nitrogens is 2. The third-order valence-corrected chi connectivity index (χ3v) is 3.64. The highest BCUT2D eigenvalue weighted by atomic mass is 16.3. The van der Waals surface area contributed by atoms with Gasteiger partial charge in [-0.3, -0.25) is 4.79 Å². The van der Waals surface area contributed by atoms with Crippen LogP contribution in [-0.4, -0.2) is 21.7 Å². The van der Waals surface area contributed by atoms with Crippen LogP contribution in [0.5, 0.6) is 0 Å². The summed E-state index contributed by atoms with van der Waals surface area (Å²) in [4.78, 5) is 16.8. The third-order valence-electron chi connectivity index (χ3n) is 3.64. The number of hydrazone groups is 1. The molecule has 1 amide bonds. The number of hydrogen-bond acceptors (Lipinski definition) is 4. The van der Waals surface area contributed by atoms with E-state index in [1.165, 1.54) is 6.21 Å². The number of para-hydroxylation sites is 2. The molecule has 24 heavy (non-hydrogen) atoms. The van der Waals surface area contributed by atoms with E-state index in [9.17, 15) is 4.79 Å². The van der Waals surface area contributed by atoms with E-state index >= 15 is 0 Å². The summed E-state index contributed by atoms with van der Waals surface area (Å²) in [5.74, 6) is 2.30. The molecule has 0 aliphatic carbocycles. The van der Waals surface area contributed by atoms with E-state index in [4.69, 9.17) is 4.42 Å². The Morgan fingerprint density at radius 3 is 2.83 bits per heavy atom. The van der Waals surface area contributed by atoms with E-state index in [1.807, 2.05) is 41.8 Å². The molecule has 2 heterocycles. The molecule has 0 aliphatic heterocycles. The van der Waals surface area contributed by atoms with Crippen LogP contribution in [0, 0.1) is 6.92 Å². The number of benzene rings is 1. The maximum atomic E-state index is 12.2. The standard InChI is InChI=1S/C18H20N4O2/c1-12(2)18-20-15-6-4-5-7-16(15)22(18)11-17(23)21-19-10-14-9-8-13(3)24-14/h4-10,12H,11H2,1-3H3,(H,21,23)/b19-10+. The van der Waals surface area contributed by atoms with Gasteiger partial charge in [-0.25, -0.2) is 10.4 Å². The van der Waals surface area contributed by atoms with Crippen molar-refractivity contribution in [2.75, 3.05) is 0 Å². The van der Waals surface area contributed by atoms with Gasteiger partial charge in [-0.05, 0) is 31.2 Å². The van der Waals surface area contributed by atoms with Crippen molar-refractivity contribution in [1.82, 2.24) is 15.0 Å². The van der Waals surface area contributed by atoms with Crippen LogP contribution in [0.2, 0.25) is 0 Å². The first-order valence-electron chi connectivity index (χ1n) is 7.88.